The lowest BCUT2D eigenvalue weighted by Gasteiger charge is -2.33. The monoisotopic (exact) mass is 348 g/mol. The summed E-state index contributed by atoms with van der Waals surface area (Å²) in [7, 11) is 0. The van der Waals surface area contributed by atoms with Crippen LogP contribution in [0.15, 0.2) is 36.0 Å². The van der Waals surface area contributed by atoms with Crippen molar-refractivity contribution in [3.8, 4) is 0 Å². The maximum Gasteiger partial charge on any atom is 0.144 e. The van der Waals surface area contributed by atoms with Crippen LogP contribution < -0.4 is 0 Å². The normalized spacial score (nSPS) is 55.0. The standard InChI is InChI=1S/C14H18.C10H10O2/c1-2-8-5-11-7-12(8)14-10-4-3-9(6-10)13(11)14;11-7-4-8(12)10-6-2-1-5(3-6)9(7)10/h2-4,9-14H,5-7H2,1H3;1-2,5-6,9-10H,3-4H2/b8-2+;. The van der Waals surface area contributed by atoms with Gasteiger partial charge in [0.05, 0.1) is 6.42 Å². The predicted molar refractivity (Wildman–Crippen MR) is 100 cm³/mol. The van der Waals surface area contributed by atoms with Gasteiger partial charge in [-0.05, 0) is 80.0 Å². The summed E-state index contributed by atoms with van der Waals surface area (Å²) in [6.07, 6.45) is 17.5. The zero-order chi connectivity index (χ0) is 17.6. The third kappa shape index (κ3) is 1.89. The summed E-state index contributed by atoms with van der Waals surface area (Å²) in [4.78, 5) is 22.8. The Morgan fingerprint density at radius 3 is 2.04 bits per heavy atom. The number of carbonyl (C=O) groups excluding carboxylic acids is 2. The van der Waals surface area contributed by atoms with E-state index in [4.69, 9.17) is 0 Å². The number of carbonyl (C=O) groups is 2. The molecular formula is C24H28O2. The van der Waals surface area contributed by atoms with E-state index in [9.17, 15) is 9.59 Å². The fraction of sp³-hybridized carbons (Fsp3) is 0.667. The molecular weight excluding hydrogens is 320 g/mol. The molecule has 7 aliphatic carbocycles. The summed E-state index contributed by atoms with van der Waals surface area (Å²) in [5, 5.41) is 0. The quantitative estimate of drug-likeness (QED) is 0.370. The van der Waals surface area contributed by atoms with E-state index in [0.29, 0.717) is 11.8 Å². The van der Waals surface area contributed by atoms with Crippen molar-refractivity contribution >= 4 is 11.6 Å². The van der Waals surface area contributed by atoms with Crippen LogP contribution in [0.3, 0.4) is 0 Å². The van der Waals surface area contributed by atoms with Gasteiger partial charge in [-0.25, -0.2) is 0 Å². The molecule has 26 heavy (non-hydrogen) atoms. The number of Topliss-reactive ketones (excluding diaryl/α,β-unsaturated/α-hetero) is 2. The Morgan fingerprint density at radius 1 is 0.808 bits per heavy atom. The lowest BCUT2D eigenvalue weighted by Crippen LogP contribution is -2.26. The van der Waals surface area contributed by atoms with Crippen LogP contribution >= 0.6 is 0 Å². The van der Waals surface area contributed by atoms with E-state index >= 15 is 0 Å². The molecule has 0 aromatic heterocycles. The lowest BCUT2D eigenvalue weighted by atomic mass is 9.71. The summed E-state index contributed by atoms with van der Waals surface area (Å²) in [6.45, 7) is 2.24. The maximum absolute atomic E-state index is 11.4. The van der Waals surface area contributed by atoms with Crippen molar-refractivity contribution in [3.63, 3.8) is 0 Å². The minimum atomic E-state index is 0.0764. The maximum atomic E-state index is 11.4. The number of fused-ring (bicyclic) bond motifs is 14. The van der Waals surface area contributed by atoms with Gasteiger partial charge in [0.1, 0.15) is 11.6 Å². The van der Waals surface area contributed by atoms with Gasteiger partial charge in [0, 0.05) is 11.8 Å². The third-order valence-corrected chi connectivity index (χ3v) is 9.04. The first-order valence-electron chi connectivity index (χ1n) is 10.7. The Labute approximate surface area is 155 Å². The van der Waals surface area contributed by atoms with Crippen LogP contribution in [0.2, 0.25) is 0 Å². The van der Waals surface area contributed by atoms with Crippen molar-refractivity contribution in [3.05, 3.63) is 36.0 Å². The molecule has 0 heterocycles. The van der Waals surface area contributed by atoms with Gasteiger partial charge in [0.2, 0.25) is 0 Å². The van der Waals surface area contributed by atoms with Gasteiger partial charge in [-0.3, -0.25) is 9.59 Å². The molecule has 7 rings (SSSR count). The molecule has 0 spiro atoms. The van der Waals surface area contributed by atoms with E-state index < -0.39 is 0 Å². The number of rotatable bonds is 0. The van der Waals surface area contributed by atoms with Crippen LogP contribution in [-0.2, 0) is 9.59 Å². The number of allylic oxidation sites excluding steroid dienone is 6. The molecule has 7 aliphatic rings. The molecule has 0 aromatic rings. The van der Waals surface area contributed by atoms with E-state index in [-0.39, 0.29) is 29.8 Å². The predicted octanol–water partition coefficient (Wildman–Crippen LogP) is 4.38. The number of hydrogen-bond donors (Lipinski definition) is 0. The molecule has 0 N–H and O–H groups in total. The van der Waals surface area contributed by atoms with Crippen molar-refractivity contribution in [1.29, 1.82) is 0 Å². The number of ketones is 2. The summed E-state index contributed by atoms with van der Waals surface area (Å²) >= 11 is 0. The van der Waals surface area contributed by atoms with Crippen LogP contribution in [0.5, 0.6) is 0 Å². The average molecular weight is 348 g/mol. The first kappa shape index (κ1) is 15.6. The van der Waals surface area contributed by atoms with E-state index in [1.165, 1.54) is 19.3 Å². The highest BCUT2D eigenvalue weighted by molar-refractivity contribution is 6.09. The minimum absolute atomic E-state index is 0.0764. The summed E-state index contributed by atoms with van der Waals surface area (Å²) in [5.74, 6) is 7.52. The van der Waals surface area contributed by atoms with Gasteiger partial charge in [-0.15, -0.1) is 0 Å². The third-order valence-electron chi connectivity index (χ3n) is 9.04. The van der Waals surface area contributed by atoms with Gasteiger partial charge in [-0.2, -0.15) is 0 Å². The summed E-state index contributed by atoms with van der Waals surface area (Å²) < 4.78 is 0. The smallest absolute Gasteiger partial charge is 0.144 e. The van der Waals surface area contributed by atoms with Gasteiger partial charge in [0.15, 0.2) is 0 Å². The fourth-order valence-electron chi connectivity index (χ4n) is 8.28. The van der Waals surface area contributed by atoms with Crippen molar-refractivity contribution in [1.82, 2.24) is 0 Å². The molecule has 5 fully saturated rings. The second-order valence-electron chi connectivity index (χ2n) is 9.88. The molecule has 10 unspecified atom stereocenters. The zero-order valence-electron chi connectivity index (χ0n) is 15.5. The molecule has 0 aromatic carbocycles. The van der Waals surface area contributed by atoms with Crippen molar-refractivity contribution < 1.29 is 9.59 Å². The van der Waals surface area contributed by atoms with E-state index in [0.717, 1.165) is 41.9 Å². The van der Waals surface area contributed by atoms with Crippen LogP contribution in [0, 0.1) is 59.2 Å². The molecule has 136 valence electrons. The van der Waals surface area contributed by atoms with Gasteiger partial charge < -0.3 is 0 Å². The van der Waals surface area contributed by atoms with E-state index in [1.54, 1.807) is 5.57 Å². The fourth-order valence-corrected chi connectivity index (χ4v) is 8.28. The zero-order valence-corrected chi connectivity index (χ0v) is 15.5. The Hall–Kier alpha value is -1.44. The first-order valence-corrected chi connectivity index (χ1v) is 10.7. The molecule has 0 amide bonds. The Kier molecular flexibility index (Phi) is 3.18. The largest absolute Gasteiger partial charge is 0.299 e. The summed E-state index contributed by atoms with van der Waals surface area (Å²) in [5.41, 5.74) is 1.80. The van der Waals surface area contributed by atoms with Crippen LogP contribution in [-0.4, -0.2) is 11.6 Å². The summed E-state index contributed by atoms with van der Waals surface area (Å²) in [6, 6.07) is 0. The van der Waals surface area contributed by atoms with Gasteiger partial charge >= 0.3 is 0 Å². The van der Waals surface area contributed by atoms with Gasteiger partial charge in [0.25, 0.3) is 0 Å². The second kappa shape index (κ2) is 5.30. The van der Waals surface area contributed by atoms with Crippen LogP contribution in [0.4, 0.5) is 0 Å². The van der Waals surface area contributed by atoms with Crippen LogP contribution in [0.1, 0.15) is 39.0 Å². The molecule has 10 atom stereocenters. The SMILES string of the molecule is C/C=C1\CC2CC1C1C3C=CC(C3)C21.O=C1CC(=O)C2C3C=CC(C3)C12. The van der Waals surface area contributed by atoms with Crippen molar-refractivity contribution in [2.45, 2.75) is 39.0 Å². The molecule has 6 bridgehead atoms. The van der Waals surface area contributed by atoms with Crippen molar-refractivity contribution in [2.24, 2.45) is 59.2 Å². The highest BCUT2D eigenvalue weighted by atomic mass is 16.2. The Bertz CT molecular complexity index is 743. The molecule has 0 aliphatic heterocycles. The first-order chi connectivity index (χ1) is 12.7. The Balaban J connectivity index is 0.000000107. The molecule has 2 nitrogen and oxygen atoms in total. The average Bonchev–Trinajstić information content (AvgIpc) is 3.44. The molecule has 5 saturated carbocycles. The van der Waals surface area contributed by atoms with Crippen LogP contribution in [0.25, 0.3) is 0 Å². The molecule has 2 heteroatoms. The minimum Gasteiger partial charge on any atom is -0.299 e. The number of hydrogen-bond acceptors (Lipinski definition) is 2. The van der Waals surface area contributed by atoms with E-state index in [1.807, 2.05) is 0 Å². The Morgan fingerprint density at radius 2 is 1.38 bits per heavy atom. The van der Waals surface area contributed by atoms with Gasteiger partial charge in [-0.1, -0.05) is 36.0 Å². The lowest BCUT2D eigenvalue weighted by molar-refractivity contribution is -0.123. The second-order valence-corrected chi connectivity index (χ2v) is 9.88. The van der Waals surface area contributed by atoms with Crippen molar-refractivity contribution in [2.75, 3.05) is 0 Å². The van der Waals surface area contributed by atoms with E-state index in [2.05, 4.69) is 37.3 Å². The molecule has 0 saturated heterocycles. The highest BCUT2D eigenvalue weighted by Crippen LogP contribution is 2.66. The topological polar surface area (TPSA) is 34.1 Å². The molecule has 0 radical (unpaired) electrons. The highest BCUT2D eigenvalue weighted by Gasteiger charge is 2.59.